The molecule has 21 heavy (non-hydrogen) atoms. The largest absolute Gasteiger partial charge is 0.361 e. The van der Waals surface area contributed by atoms with E-state index >= 15 is 0 Å². The van der Waals surface area contributed by atoms with Crippen LogP contribution in [0.5, 0.6) is 0 Å². The molecule has 4 nitrogen and oxygen atoms in total. The van der Waals surface area contributed by atoms with E-state index in [4.69, 9.17) is 0 Å². The standard InChI is InChI=1S/C16H16N2O2S/c1-12-5-2-3-8-16(12)21(19,20)18-11-13-6-4-7-15-14(13)9-10-17-15/h2-10,17-18H,11H2,1H3. The lowest BCUT2D eigenvalue weighted by Crippen LogP contribution is -2.24. The SMILES string of the molecule is Cc1ccccc1S(=O)(=O)NCc1cccc2[nH]ccc12. The van der Waals surface area contributed by atoms with Gasteiger partial charge in [-0.15, -0.1) is 0 Å². The van der Waals surface area contributed by atoms with Crippen molar-refractivity contribution in [2.24, 2.45) is 0 Å². The van der Waals surface area contributed by atoms with Crippen molar-refractivity contribution in [1.82, 2.24) is 9.71 Å². The molecule has 0 aliphatic carbocycles. The first-order chi connectivity index (χ1) is 10.1. The number of fused-ring (bicyclic) bond motifs is 1. The quantitative estimate of drug-likeness (QED) is 0.778. The molecular weight excluding hydrogens is 284 g/mol. The van der Waals surface area contributed by atoms with Crippen LogP contribution in [0.1, 0.15) is 11.1 Å². The Labute approximate surface area is 123 Å². The van der Waals surface area contributed by atoms with Crippen molar-refractivity contribution in [2.75, 3.05) is 0 Å². The van der Waals surface area contributed by atoms with Crippen LogP contribution in [0.25, 0.3) is 10.9 Å². The van der Waals surface area contributed by atoms with Gasteiger partial charge in [0.25, 0.3) is 0 Å². The van der Waals surface area contributed by atoms with Gasteiger partial charge in [0.15, 0.2) is 0 Å². The van der Waals surface area contributed by atoms with Crippen LogP contribution < -0.4 is 4.72 Å². The van der Waals surface area contributed by atoms with E-state index in [1.165, 1.54) is 0 Å². The Morgan fingerprint density at radius 2 is 1.86 bits per heavy atom. The van der Waals surface area contributed by atoms with Crippen LogP contribution in [0.4, 0.5) is 0 Å². The van der Waals surface area contributed by atoms with Gasteiger partial charge >= 0.3 is 0 Å². The normalized spacial score (nSPS) is 11.9. The monoisotopic (exact) mass is 300 g/mol. The van der Waals surface area contributed by atoms with Crippen molar-refractivity contribution < 1.29 is 8.42 Å². The molecule has 0 atom stereocenters. The Morgan fingerprint density at radius 3 is 2.67 bits per heavy atom. The topological polar surface area (TPSA) is 62.0 Å². The van der Waals surface area contributed by atoms with E-state index in [1.54, 1.807) is 25.1 Å². The fraction of sp³-hybridized carbons (Fsp3) is 0.125. The first kappa shape index (κ1) is 13.9. The summed E-state index contributed by atoms with van der Waals surface area (Å²) in [5.41, 5.74) is 2.69. The van der Waals surface area contributed by atoms with Gasteiger partial charge in [-0.3, -0.25) is 0 Å². The second-order valence-electron chi connectivity index (χ2n) is 4.95. The number of aromatic amines is 1. The highest BCUT2D eigenvalue weighted by Crippen LogP contribution is 2.19. The Kier molecular flexibility index (Phi) is 3.53. The van der Waals surface area contributed by atoms with Gasteiger partial charge in [0.1, 0.15) is 0 Å². The summed E-state index contributed by atoms with van der Waals surface area (Å²) in [5, 5.41) is 1.03. The Morgan fingerprint density at radius 1 is 1.05 bits per heavy atom. The molecule has 0 aliphatic rings. The lowest BCUT2D eigenvalue weighted by Gasteiger charge is -2.09. The lowest BCUT2D eigenvalue weighted by molar-refractivity contribution is 0.581. The number of hydrogen-bond donors (Lipinski definition) is 2. The number of H-pyrrole nitrogens is 1. The van der Waals surface area contributed by atoms with E-state index in [2.05, 4.69) is 9.71 Å². The van der Waals surface area contributed by atoms with Crippen LogP contribution in [-0.4, -0.2) is 13.4 Å². The zero-order valence-electron chi connectivity index (χ0n) is 11.6. The van der Waals surface area contributed by atoms with Gasteiger partial charge in [0.05, 0.1) is 4.90 Å². The maximum atomic E-state index is 12.4. The maximum absolute atomic E-state index is 12.4. The Hall–Kier alpha value is -2.11. The van der Waals surface area contributed by atoms with Gasteiger partial charge in [-0.05, 0) is 36.2 Å². The average molecular weight is 300 g/mol. The molecule has 0 radical (unpaired) electrons. The fourth-order valence-corrected chi connectivity index (χ4v) is 3.66. The van der Waals surface area contributed by atoms with Crippen molar-refractivity contribution in [3.8, 4) is 0 Å². The minimum atomic E-state index is -3.50. The zero-order valence-corrected chi connectivity index (χ0v) is 12.4. The number of rotatable bonds is 4. The van der Waals surface area contributed by atoms with Gasteiger partial charge in [0.2, 0.25) is 10.0 Å². The summed E-state index contributed by atoms with van der Waals surface area (Å²) in [6, 6.07) is 14.7. The highest BCUT2D eigenvalue weighted by atomic mass is 32.2. The van der Waals surface area contributed by atoms with Crippen LogP contribution in [0.15, 0.2) is 59.6 Å². The summed E-state index contributed by atoms with van der Waals surface area (Å²) in [6.07, 6.45) is 1.85. The zero-order chi connectivity index (χ0) is 14.9. The number of hydrogen-bond acceptors (Lipinski definition) is 2. The first-order valence-corrected chi connectivity index (χ1v) is 8.16. The van der Waals surface area contributed by atoms with Gasteiger partial charge in [-0.1, -0.05) is 30.3 Å². The summed E-state index contributed by atoms with van der Waals surface area (Å²) in [7, 11) is -3.50. The summed E-state index contributed by atoms with van der Waals surface area (Å²) < 4.78 is 27.4. The average Bonchev–Trinajstić information content (AvgIpc) is 2.94. The van der Waals surface area contributed by atoms with Crippen LogP contribution in [0.2, 0.25) is 0 Å². The number of benzene rings is 2. The van der Waals surface area contributed by atoms with Crippen molar-refractivity contribution >= 4 is 20.9 Å². The lowest BCUT2D eigenvalue weighted by atomic mass is 10.1. The van der Waals surface area contributed by atoms with Crippen LogP contribution in [-0.2, 0) is 16.6 Å². The molecule has 1 aromatic heterocycles. The molecule has 3 rings (SSSR count). The minimum absolute atomic E-state index is 0.270. The second kappa shape index (κ2) is 5.35. The van der Waals surface area contributed by atoms with Crippen molar-refractivity contribution in [2.45, 2.75) is 18.4 Å². The summed E-state index contributed by atoms with van der Waals surface area (Å²) in [5.74, 6) is 0. The van der Waals surface area contributed by atoms with E-state index in [0.29, 0.717) is 4.90 Å². The molecule has 1 heterocycles. The predicted octanol–water partition coefficient (Wildman–Crippen LogP) is 2.95. The van der Waals surface area contributed by atoms with E-state index in [9.17, 15) is 8.42 Å². The summed E-state index contributed by atoms with van der Waals surface area (Å²) in [6.45, 7) is 2.06. The molecule has 2 N–H and O–H groups in total. The van der Waals surface area contributed by atoms with E-state index in [-0.39, 0.29) is 6.54 Å². The molecule has 0 unspecified atom stereocenters. The first-order valence-electron chi connectivity index (χ1n) is 6.68. The molecule has 0 saturated heterocycles. The molecular formula is C16H16N2O2S. The van der Waals surface area contributed by atoms with Gasteiger partial charge < -0.3 is 4.98 Å². The minimum Gasteiger partial charge on any atom is -0.361 e. The third kappa shape index (κ3) is 2.70. The van der Waals surface area contributed by atoms with Gasteiger partial charge in [-0.2, -0.15) is 0 Å². The molecule has 2 aromatic carbocycles. The molecule has 0 fully saturated rings. The van der Waals surface area contributed by atoms with Crippen molar-refractivity contribution in [3.05, 3.63) is 65.9 Å². The van der Waals surface area contributed by atoms with E-state index in [1.807, 2.05) is 36.5 Å². The molecule has 108 valence electrons. The molecule has 3 aromatic rings. The third-order valence-electron chi connectivity index (χ3n) is 3.52. The second-order valence-corrected chi connectivity index (χ2v) is 6.68. The summed E-state index contributed by atoms with van der Waals surface area (Å²) in [4.78, 5) is 3.45. The van der Waals surface area contributed by atoms with E-state index < -0.39 is 10.0 Å². The maximum Gasteiger partial charge on any atom is 0.241 e. The Bertz CT molecular complexity index is 882. The van der Waals surface area contributed by atoms with Crippen LogP contribution >= 0.6 is 0 Å². The smallest absolute Gasteiger partial charge is 0.241 e. The fourth-order valence-electron chi connectivity index (χ4n) is 2.41. The Balaban J connectivity index is 1.88. The van der Waals surface area contributed by atoms with Gasteiger partial charge in [-0.25, -0.2) is 13.1 Å². The predicted molar refractivity (Wildman–Crippen MR) is 83.5 cm³/mol. The van der Waals surface area contributed by atoms with Crippen molar-refractivity contribution in [3.63, 3.8) is 0 Å². The van der Waals surface area contributed by atoms with Gasteiger partial charge in [0, 0.05) is 23.6 Å². The van der Waals surface area contributed by atoms with Crippen LogP contribution in [0, 0.1) is 6.92 Å². The summed E-state index contributed by atoms with van der Waals surface area (Å²) >= 11 is 0. The molecule has 0 bridgehead atoms. The van der Waals surface area contributed by atoms with Crippen molar-refractivity contribution in [1.29, 1.82) is 0 Å². The van der Waals surface area contributed by atoms with E-state index in [0.717, 1.165) is 22.0 Å². The number of aromatic nitrogens is 1. The highest BCUT2D eigenvalue weighted by Gasteiger charge is 2.16. The number of aryl methyl sites for hydroxylation is 1. The van der Waals surface area contributed by atoms with Crippen LogP contribution in [0.3, 0.4) is 0 Å². The number of nitrogens with one attached hydrogen (secondary N) is 2. The highest BCUT2D eigenvalue weighted by molar-refractivity contribution is 7.89. The molecule has 0 amide bonds. The third-order valence-corrected chi connectivity index (χ3v) is 5.08. The molecule has 5 heteroatoms. The number of sulfonamides is 1. The molecule has 0 spiro atoms. The molecule has 0 aliphatic heterocycles. The molecule has 0 saturated carbocycles.